The van der Waals surface area contributed by atoms with E-state index >= 15 is 0 Å². The SMILES string of the molecule is CCCCn1ccnc1C1CCCN(C(=O)C2CC(c3ccncc3)NN2)C1. The van der Waals surface area contributed by atoms with Gasteiger partial charge in [-0.15, -0.1) is 0 Å². The van der Waals surface area contributed by atoms with Crippen LogP contribution < -0.4 is 10.9 Å². The van der Waals surface area contributed by atoms with Gasteiger partial charge in [0.15, 0.2) is 0 Å². The van der Waals surface area contributed by atoms with Crippen molar-refractivity contribution in [3.63, 3.8) is 0 Å². The standard InChI is InChI=1S/C21H30N6O/c1-2-3-11-26-13-10-23-20(26)17-5-4-12-27(15-17)21(28)19-14-18(24-25-19)16-6-8-22-9-7-16/h6-10,13,17-19,24-25H,2-5,11-12,14-15H2,1H3. The molecule has 1 amide bonds. The molecule has 2 aliphatic rings. The highest BCUT2D eigenvalue weighted by atomic mass is 16.2. The van der Waals surface area contributed by atoms with Gasteiger partial charge in [-0.25, -0.2) is 15.8 Å². The largest absolute Gasteiger partial charge is 0.341 e. The van der Waals surface area contributed by atoms with Gasteiger partial charge in [0.2, 0.25) is 5.91 Å². The molecule has 2 aliphatic heterocycles. The average Bonchev–Trinajstić information content (AvgIpc) is 3.42. The molecule has 0 spiro atoms. The molecular weight excluding hydrogens is 352 g/mol. The van der Waals surface area contributed by atoms with E-state index in [9.17, 15) is 4.79 Å². The van der Waals surface area contributed by atoms with Crippen molar-refractivity contribution in [2.45, 2.75) is 63.6 Å². The molecule has 7 heteroatoms. The summed E-state index contributed by atoms with van der Waals surface area (Å²) >= 11 is 0. The van der Waals surface area contributed by atoms with Gasteiger partial charge < -0.3 is 9.47 Å². The maximum Gasteiger partial charge on any atom is 0.241 e. The number of hydrogen-bond donors (Lipinski definition) is 2. The Balaban J connectivity index is 1.38. The van der Waals surface area contributed by atoms with Crippen LogP contribution in [0.15, 0.2) is 36.9 Å². The van der Waals surface area contributed by atoms with Gasteiger partial charge in [-0.05, 0) is 43.4 Å². The summed E-state index contributed by atoms with van der Waals surface area (Å²) in [7, 11) is 0. The number of carbonyl (C=O) groups is 1. The average molecular weight is 383 g/mol. The first kappa shape index (κ1) is 19.1. The van der Waals surface area contributed by atoms with Gasteiger partial charge in [0.25, 0.3) is 0 Å². The van der Waals surface area contributed by atoms with Crippen LogP contribution in [0.25, 0.3) is 0 Å². The van der Waals surface area contributed by atoms with Crippen LogP contribution in [-0.2, 0) is 11.3 Å². The summed E-state index contributed by atoms with van der Waals surface area (Å²) in [6.07, 6.45) is 12.8. The molecule has 4 heterocycles. The maximum absolute atomic E-state index is 13.1. The zero-order chi connectivity index (χ0) is 19.3. The Morgan fingerprint density at radius 3 is 2.93 bits per heavy atom. The summed E-state index contributed by atoms with van der Waals surface area (Å²) in [6.45, 7) is 4.82. The molecular formula is C21H30N6O. The first-order valence-electron chi connectivity index (χ1n) is 10.5. The van der Waals surface area contributed by atoms with Crippen molar-refractivity contribution in [1.29, 1.82) is 0 Å². The van der Waals surface area contributed by atoms with E-state index in [2.05, 4.69) is 38.5 Å². The lowest BCUT2D eigenvalue weighted by molar-refractivity contribution is -0.134. The van der Waals surface area contributed by atoms with Gasteiger partial charge in [0.05, 0.1) is 0 Å². The Labute approximate surface area is 166 Å². The van der Waals surface area contributed by atoms with Crippen LogP contribution in [0.5, 0.6) is 0 Å². The zero-order valence-corrected chi connectivity index (χ0v) is 16.6. The molecule has 2 saturated heterocycles. The van der Waals surface area contributed by atoms with Gasteiger partial charge in [0.1, 0.15) is 11.9 Å². The monoisotopic (exact) mass is 382 g/mol. The topological polar surface area (TPSA) is 75.1 Å². The number of rotatable bonds is 6. The smallest absolute Gasteiger partial charge is 0.241 e. The van der Waals surface area contributed by atoms with Crippen molar-refractivity contribution in [1.82, 2.24) is 30.3 Å². The van der Waals surface area contributed by atoms with Gasteiger partial charge in [-0.1, -0.05) is 13.3 Å². The molecule has 3 unspecified atom stereocenters. The molecule has 150 valence electrons. The minimum Gasteiger partial charge on any atom is -0.341 e. The number of nitrogens with zero attached hydrogens (tertiary/aromatic N) is 4. The predicted octanol–water partition coefficient (Wildman–Crippen LogP) is 2.39. The summed E-state index contributed by atoms with van der Waals surface area (Å²) in [6, 6.07) is 3.96. The maximum atomic E-state index is 13.1. The third kappa shape index (κ3) is 4.10. The third-order valence-corrected chi connectivity index (χ3v) is 5.91. The third-order valence-electron chi connectivity index (χ3n) is 5.91. The molecule has 4 rings (SSSR count). The van der Waals surface area contributed by atoms with Crippen LogP contribution >= 0.6 is 0 Å². The van der Waals surface area contributed by atoms with Gasteiger partial charge in [0, 0.05) is 56.4 Å². The highest BCUT2D eigenvalue weighted by Crippen LogP contribution is 2.28. The number of carbonyl (C=O) groups excluding carboxylic acids is 1. The fourth-order valence-electron chi connectivity index (χ4n) is 4.34. The van der Waals surface area contributed by atoms with E-state index in [-0.39, 0.29) is 18.0 Å². The number of likely N-dealkylation sites (tertiary alicyclic amines) is 1. The summed E-state index contributed by atoms with van der Waals surface area (Å²) in [4.78, 5) is 23.9. The predicted molar refractivity (Wildman–Crippen MR) is 107 cm³/mol. The Bertz CT molecular complexity index is 776. The number of pyridine rings is 1. The Hall–Kier alpha value is -2.25. The second kappa shape index (κ2) is 8.84. The molecule has 0 radical (unpaired) electrons. The second-order valence-corrected chi connectivity index (χ2v) is 7.87. The van der Waals surface area contributed by atoms with Crippen molar-refractivity contribution >= 4 is 5.91 Å². The van der Waals surface area contributed by atoms with Crippen LogP contribution in [0.1, 0.15) is 62.4 Å². The van der Waals surface area contributed by atoms with Crippen molar-refractivity contribution in [2.75, 3.05) is 13.1 Å². The second-order valence-electron chi connectivity index (χ2n) is 7.87. The molecule has 2 N–H and O–H groups in total. The van der Waals surface area contributed by atoms with Gasteiger partial charge in [-0.2, -0.15) is 0 Å². The summed E-state index contributed by atoms with van der Waals surface area (Å²) in [5, 5.41) is 0. The number of hydrazine groups is 1. The van der Waals surface area contributed by atoms with Crippen molar-refractivity contribution < 1.29 is 4.79 Å². The van der Waals surface area contributed by atoms with Crippen molar-refractivity contribution in [3.05, 3.63) is 48.3 Å². The van der Waals surface area contributed by atoms with Crippen LogP contribution in [0, 0.1) is 0 Å². The fraction of sp³-hybridized carbons (Fsp3) is 0.571. The highest BCUT2D eigenvalue weighted by Gasteiger charge is 2.35. The molecule has 3 atom stereocenters. The molecule has 0 aliphatic carbocycles. The molecule has 7 nitrogen and oxygen atoms in total. The lowest BCUT2D eigenvalue weighted by Crippen LogP contribution is -2.49. The number of hydrogen-bond acceptors (Lipinski definition) is 5. The van der Waals surface area contributed by atoms with Crippen LogP contribution in [-0.4, -0.2) is 44.5 Å². The van der Waals surface area contributed by atoms with E-state index in [0.29, 0.717) is 5.92 Å². The number of imidazole rings is 1. The quantitative estimate of drug-likeness (QED) is 0.802. The normalized spacial score (nSPS) is 25.2. The van der Waals surface area contributed by atoms with E-state index in [1.165, 1.54) is 6.42 Å². The first-order valence-corrected chi connectivity index (χ1v) is 10.5. The minimum atomic E-state index is -0.184. The minimum absolute atomic E-state index is 0.144. The van der Waals surface area contributed by atoms with Crippen LogP contribution in [0.4, 0.5) is 0 Å². The molecule has 0 bridgehead atoms. The Kier molecular flexibility index (Phi) is 6.02. The highest BCUT2D eigenvalue weighted by molar-refractivity contribution is 5.82. The van der Waals surface area contributed by atoms with E-state index in [1.54, 1.807) is 12.4 Å². The van der Waals surface area contributed by atoms with Gasteiger partial charge in [-0.3, -0.25) is 9.78 Å². The van der Waals surface area contributed by atoms with Crippen molar-refractivity contribution in [2.24, 2.45) is 0 Å². The van der Waals surface area contributed by atoms with E-state index < -0.39 is 0 Å². The van der Waals surface area contributed by atoms with Gasteiger partial charge >= 0.3 is 0 Å². The lowest BCUT2D eigenvalue weighted by Gasteiger charge is -2.34. The molecule has 2 fully saturated rings. The first-order chi connectivity index (χ1) is 13.8. The van der Waals surface area contributed by atoms with E-state index in [1.807, 2.05) is 23.2 Å². The Morgan fingerprint density at radius 2 is 2.11 bits per heavy atom. The molecule has 0 saturated carbocycles. The zero-order valence-electron chi connectivity index (χ0n) is 16.6. The number of aryl methyl sites for hydroxylation is 1. The number of amides is 1. The van der Waals surface area contributed by atoms with Crippen LogP contribution in [0.2, 0.25) is 0 Å². The van der Waals surface area contributed by atoms with E-state index in [4.69, 9.17) is 0 Å². The molecule has 28 heavy (non-hydrogen) atoms. The summed E-state index contributed by atoms with van der Waals surface area (Å²) in [5.74, 6) is 1.66. The number of unbranched alkanes of at least 4 members (excludes halogenated alkanes) is 1. The Morgan fingerprint density at radius 1 is 1.25 bits per heavy atom. The number of piperidine rings is 1. The van der Waals surface area contributed by atoms with Crippen molar-refractivity contribution in [3.8, 4) is 0 Å². The number of nitrogens with one attached hydrogen (secondary N) is 2. The summed E-state index contributed by atoms with van der Waals surface area (Å²) in [5.41, 5.74) is 7.64. The van der Waals surface area contributed by atoms with Crippen LogP contribution in [0.3, 0.4) is 0 Å². The lowest BCUT2D eigenvalue weighted by atomic mass is 9.95. The van der Waals surface area contributed by atoms with E-state index in [0.717, 1.165) is 56.7 Å². The summed E-state index contributed by atoms with van der Waals surface area (Å²) < 4.78 is 2.27. The fourth-order valence-corrected chi connectivity index (χ4v) is 4.34. The number of aromatic nitrogens is 3. The molecule has 2 aromatic rings. The molecule has 0 aromatic carbocycles. The molecule has 2 aromatic heterocycles.